The molecule has 118 valence electrons. The molecular formula is C18H27F2N. The van der Waals surface area contributed by atoms with Gasteiger partial charge in [0.05, 0.1) is 0 Å². The number of benzene rings is 1. The van der Waals surface area contributed by atoms with E-state index in [1.54, 1.807) is 6.07 Å². The molecule has 1 aliphatic rings. The van der Waals surface area contributed by atoms with Gasteiger partial charge in [-0.3, -0.25) is 0 Å². The van der Waals surface area contributed by atoms with E-state index in [2.05, 4.69) is 19.2 Å². The topological polar surface area (TPSA) is 12.0 Å². The van der Waals surface area contributed by atoms with Gasteiger partial charge in [-0.05, 0) is 62.1 Å². The van der Waals surface area contributed by atoms with Gasteiger partial charge in [0, 0.05) is 12.1 Å². The zero-order valence-electron chi connectivity index (χ0n) is 13.2. The smallest absolute Gasteiger partial charge is 0.129 e. The third-order valence-electron chi connectivity index (χ3n) is 4.82. The molecule has 0 amide bonds. The Balaban J connectivity index is 2.07. The predicted molar refractivity (Wildman–Crippen MR) is 83.3 cm³/mol. The minimum atomic E-state index is -0.494. The molecule has 21 heavy (non-hydrogen) atoms. The number of rotatable bonds is 6. The second-order valence-electron chi connectivity index (χ2n) is 6.35. The summed E-state index contributed by atoms with van der Waals surface area (Å²) in [5.74, 6) is 0.309. The molecule has 2 rings (SSSR count). The molecule has 0 spiro atoms. The van der Waals surface area contributed by atoms with Gasteiger partial charge < -0.3 is 5.32 Å². The summed E-state index contributed by atoms with van der Waals surface area (Å²) in [6, 6.07) is 4.45. The Morgan fingerprint density at radius 1 is 1.19 bits per heavy atom. The fourth-order valence-electron chi connectivity index (χ4n) is 3.53. The maximum atomic E-state index is 13.9. The van der Waals surface area contributed by atoms with Gasteiger partial charge in [0.2, 0.25) is 0 Å². The second kappa shape index (κ2) is 7.88. The largest absolute Gasteiger partial charge is 0.314 e. The van der Waals surface area contributed by atoms with Crippen molar-refractivity contribution in [2.24, 2.45) is 11.8 Å². The molecule has 1 nitrogen and oxygen atoms in total. The molecule has 1 aromatic rings. The summed E-state index contributed by atoms with van der Waals surface area (Å²) in [6.45, 7) is 5.42. The maximum Gasteiger partial charge on any atom is 0.129 e. The summed E-state index contributed by atoms with van der Waals surface area (Å²) >= 11 is 0. The third-order valence-corrected chi connectivity index (χ3v) is 4.82. The molecule has 0 aliphatic heterocycles. The normalized spacial score (nSPS) is 26.0. The fourth-order valence-corrected chi connectivity index (χ4v) is 3.53. The Hall–Kier alpha value is -0.960. The molecule has 1 fully saturated rings. The molecule has 0 radical (unpaired) electrons. The summed E-state index contributed by atoms with van der Waals surface area (Å²) < 4.78 is 26.9. The fraction of sp³-hybridized carbons (Fsp3) is 0.667. The second-order valence-corrected chi connectivity index (χ2v) is 6.35. The Bertz CT molecular complexity index is 447. The summed E-state index contributed by atoms with van der Waals surface area (Å²) in [5.41, 5.74) is 0.654. The molecular weight excluding hydrogens is 268 g/mol. The minimum absolute atomic E-state index is 0.400. The van der Waals surface area contributed by atoms with Gasteiger partial charge in [0.1, 0.15) is 11.6 Å². The number of nitrogens with one attached hydrogen (secondary N) is 1. The van der Waals surface area contributed by atoms with E-state index in [-0.39, 0.29) is 0 Å². The first kappa shape index (κ1) is 16.4. The molecule has 1 saturated carbocycles. The average Bonchev–Trinajstić information content (AvgIpc) is 2.48. The highest BCUT2D eigenvalue weighted by atomic mass is 19.1. The van der Waals surface area contributed by atoms with E-state index in [1.165, 1.54) is 25.3 Å². The van der Waals surface area contributed by atoms with E-state index in [1.807, 2.05) is 0 Å². The molecule has 0 heterocycles. The number of halogens is 2. The highest BCUT2D eigenvalue weighted by Crippen LogP contribution is 2.34. The van der Waals surface area contributed by atoms with Crippen molar-refractivity contribution in [2.75, 3.05) is 6.54 Å². The van der Waals surface area contributed by atoms with Crippen molar-refractivity contribution in [3.63, 3.8) is 0 Å². The lowest BCUT2D eigenvalue weighted by Gasteiger charge is -2.37. The van der Waals surface area contributed by atoms with Gasteiger partial charge in [-0.25, -0.2) is 8.78 Å². The van der Waals surface area contributed by atoms with Crippen LogP contribution in [0, 0.1) is 23.5 Å². The lowest BCUT2D eigenvalue weighted by molar-refractivity contribution is 0.197. The van der Waals surface area contributed by atoms with Gasteiger partial charge >= 0.3 is 0 Å². The number of hydrogen-bond acceptors (Lipinski definition) is 1. The van der Waals surface area contributed by atoms with Gasteiger partial charge in [-0.15, -0.1) is 0 Å². The molecule has 1 N–H and O–H groups in total. The Labute approximate surface area is 127 Å². The summed E-state index contributed by atoms with van der Waals surface area (Å²) in [7, 11) is 0. The molecule has 3 heteroatoms. The van der Waals surface area contributed by atoms with Crippen LogP contribution < -0.4 is 5.32 Å². The molecule has 0 aromatic heterocycles. The molecule has 1 aliphatic carbocycles. The van der Waals surface area contributed by atoms with Crippen molar-refractivity contribution in [1.82, 2.24) is 5.32 Å². The van der Waals surface area contributed by atoms with Crippen LogP contribution in [0.3, 0.4) is 0 Å². The van der Waals surface area contributed by atoms with Crippen molar-refractivity contribution in [2.45, 2.75) is 58.4 Å². The van der Waals surface area contributed by atoms with Crippen molar-refractivity contribution in [3.8, 4) is 0 Å². The molecule has 0 bridgehead atoms. The van der Waals surface area contributed by atoms with Crippen LogP contribution in [-0.2, 0) is 6.42 Å². The van der Waals surface area contributed by atoms with Crippen LogP contribution in [-0.4, -0.2) is 12.6 Å². The Morgan fingerprint density at radius 3 is 2.67 bits per heavy atom. The first-order valence-corrected chi connectivity index (χ1v) is 8.31. The molecule has 3 unspecified atom stereocenters. The SMILES string of the molecule is CCCNC1CCC(CC)CC1Cc1ccc(F)cc1F. The zero-order chi connectivity index (χ0) is 15.2. The zero-order valence-corrected chi connectivity index (χ0v) is 13.2. The van der Waals surface area contributed by atoms with Crippen LogP contribution in [0.2, 0.25) is 0 Å². The first-order chi connectivity index (χ1) is 10.1. The summed E-state index contributed by atoms with van der Waals surface area (Å²) in [6.07, 6.45) is 6.61. The third kappa shape index (κ3) is 4.50. The van der Waals surface area contributed by atoms with Gasteiger partial charge in [0.15, 0.2) is 0 Å². The van der Waals surface area contributed by atoms with Gasteiger partial charge in [-0.2, -0.15) is 0 Å². The highest BCUT2D eigenvalue weighted by molar-refractivity contribution is 5.19. The monoisotopic (exact) mass is 295 g/mol. The van der Waals surface area contributed by atoms with E-state index in [0.717, 1.165) is 31.4 Å². The van der Waals surface area contributed by atoms with Gasteiger partial charge in [-0.1, -0.05) is 26.3 Å². The Morgan fingerprint density at radius 2 is 2.00 bits per heavy atom. The van der Waals surface area contributed by atoms with Crippen molar-refractivity contribution < 1.29 is 8.78 Å². The van der Waals surface area contributed by atoms with Crippen LogP contribution in [0.5, 0.6) is 0 Å². The van der Waals surface area contributed by atoms with Crippen LogP contribution in [0.15, 0.2) is 18.2 Å². The van der Waals surface area contributed by atoms with Crippen LogP contribution in [0.25, 0.3) is 0 Å². The number of hydrogen-bond donors (Lipinski definition) is 1. The van der Waals surface area contributed by atoms with Crippen LogP contribution in [0.1, 0.15) is 51.5 Å². The lowest BCUT2D eigenvalue weighted by Crippen LogP contribution is -2.42. The van der Waals surface area contributed by atoms with Crippen LogP contribution >= 0.6 is 0 Å². The van der Waals surface area contributed by atoms with Gasteiger partial charge in [0.25, 0.3) is 0 Å². The maximum absolute atomic E-state index is 13.9. The minimum Gasteiger partial charge on any atom is -0.314 e. The highest BCUT2D eigenvalue weighted by Gasteiger charge is 2.29. The summed E-state index contributed by atoms with van der Waals surface area (Å²) in [4.78, 5) is 0. The van der Waals surface area contributed by atoms with Crippen molar-refractivity contribution in [1.29, 1.82) is 0 Å². The van der Waals surface area contributed by atoms with E-state index < -0.39 is 11.6 Å². The Kier molecular flexibility index (Phi) is 6.16. The van der Waals surface area contributed by atoms with Crippen molar-refractivity contribution >= 4 is 0 Å². The van der Waals surface area contributed by atoms with E-state index in [0.29, 0.717) is 23.9 Å². The van der Waals surface area contributed by atoms with Crippen molar-refractivity contribution in [3.05, 3.63) is 35.4 Å². The molecule has 1 aromatic carbocycles. The lowest BCUT2D eigenvalue weighted by atomic mass is 9.74. The van der Waals surface area contributed by atoms with Crippen LogP contribution in [0.4, 0.5) is 8.78 Å². The average molecular weight is 295 g/mol. The summed E-state index contributed by atoms with van der Waals surface area (Å²) in [5, 5.41) is 3.62. The quantitative estimate of drug-likeness (QED) is 0.802. The molecule has 3 atom stereocenters. The standard InChI is InChI=1S/C18H27F2N/c1-3-9-21-18-8-5-13(4-2)10-15(18)11-14-6-7-16(19)12-17(14)20/h6-7,12-13,15,18,21H,3-5,8-11H2,1-2H3. The predicted octanol–water partition coefficient (Wildman–Crippen LogP) is 4.70. The first-order valence-electron chi connectivity index (χ1n) is 8.31. The van der Waals surface area contributed by atoms with E-state index >= 15 is 0 Å². The van der Waals surface area contributed by atoms with E-state index in [4.69, 9.17) is 0 Å². The van der Waals surface area contributed by atoms with E-state index in [9.17, 15) is 8.78 Å². The molecule has 0 saturated heterocycles.